The number of ether oxygens (including phenoxy) is 2. The molecule has 1 aliphatic heterocycles. The number of hydrogen-bond acceptors (Lipinski definition) is 5. The number of carbonyl (C=O) groups excluding carboxylic acids is 1. The van der Waals surface area contributed by atoms with E-state index in [-0.39, 0.29) is 11.8 Å². The van der Waals surface area contributed by atoms with Crippen LogP contribution in [0, 0.1) is 0 Å². The predicted octanol–water partition coefficient (Wildman–Crippen LogP) is 4.99. The lowest BCUT2D eigenvalue weighted by molar-refractivity contribution is 0.0706. The highest BCUT2D eigenvalue weighted by molar-refractivity contribution is 7.18. The van der Waals surface area contributed by atoms with Crippen molar-refractivity contribution in [2.75, 3.05) is 27.3 Å². The summed E-state index contributed by atoms with van der Waals surface area (Å²) in [6.07, 6.45) is 1.99. The third-order valence-electron chi connectivity index (χ3n) is 5.05. The Morgan fingerprint density at radius 3 is 2.82 bits per heavy atom. The fourth-order valence-corrected chi connectivity index (χ4v) is 5.03. The number of aromatic nitrogens is 1. The zero-order valence-corrected chi connectivity index (χ0v) is 17.3. The van der Waals surface area contributed by atoms with Gasteiger partial charge in [0.15, 0.2) is 11.5 Å². The number of hydrogen-bond donors (Lipinski definition) is 0. The number of thiazole rings is 1. The lowest BCUT2D eigenvalue weighted by Crippen LogP contribution is -2.39. The van der Waals surface area contributed by atoms with Crippen LogP contribution in [0.1, 0.15) is 34.1 Å². The van der Waals surface area contributed by atoms with Crippen LogP contribution in [0.2, 0.25) is 5.02 Å². The fraction of sp³-hybridized carbons (Fsp3) is 0.333. The van der Waals surface area contributed by atoms with Crippen molar-refractivity contribution < 1.29 is 14.3 Å². The summed E-state index contributed by atoms with van der Waals surface area (Å²) in [5, 5.41) is 1.47. The molecule has 1 fully saturated rings. The summed E-state index contributed by atoms with van der Waals surface area (Å²) in [4.78, 5) is 19.8. The Labute approximate surface area is 172 Å². The Morgan fingerprint density at radius 2 is 2.07 bits per heavy atom. The molecule has 7 heteroatoms. The van der Waals surface area contributed by atoms with Gasteiger partial charge in [-0.25, -0.2) is 4.98 Å². The van der Waals surface area contributed by atoms with Gasteiger partial charge >= 0.3 is 0 Å². The number of piperidine rings is 1. The third kappa shape index (κ3) is 3.54. The first kappa shape index (κ1) is 19.0. The smallest absolute Gasteiger partial charge is 0.254 e. The Bertz CT molecular complexity index is 987. The van der Waals surface area contributed by atoms with Crippen molar-refractivity contribution in [3.05, 3.63) is 52.0 Å². The number of rotatable bonds is 4. The van der Waals surface area contributed by atoms with E-state index in [1.807, 2.05) is 23.1 Å². The number of carbonyl (C=O) groups is 1. The van der Waals surface area contributed by atoms with Crippen LogP contribution >= 0.6 is 22.9 Å². The molecule has 5 nitrogen and oxygen atoms in total. The highest BCUT2D eigenvalue weighted by Crippen LogP contribution is 2.37. The van der Waals surface area contributed by atoms with Crippen LogP contribution in [0.25, 0.3) is 10.2 Å². The molecule has 0 unspecified atom stereocenters. The fourth-order valence-electron chi connectivity index (χ4n) is 3.65. The van der Waals surface area contributed by atoms with E-state index in [1.54, 1.807) is 23.5 Å². The maximum Gasteiger partial charge on any atom is 0.254 e. The van der Waals surface area contributed by atoms with Gasteiger partial charge in [0.1, 0.15) is 0 Å². The normalized spacial score (nSPS) is 17.0. The molecule has 1 saturated heterocycles. The van der Waals surface area contributed by atoms with Gasteiger partial charge in [-0.3, -0.25) is 4.79 Å². The van der Waals surface area contributed by atoms with Gasteiger partial charge in [0.2, 0.25) is 0 Å². The van der Waals surface area contributed by atoms with Gasteiger partial charge < -0.3 is 14.4 Å². The summed E-state index contributed by atoms with van der Waals surface area (Å²) in [7, 11) is 3.06. The molecule has 2 heterocycles. The van der Waals surface area contributed by atoms with E-state index in [0.717, 1.165) is 29.9 Å². The molecular formula is C21H21ClN2O3S. The van der Waals surface area contributed by atoms with Crippen molar-refractivity contribution in [2.45, 2.75) is 18.8 Å². The number of likely N-dealkylation sites (tertiary alicyclic amines) is 1. The van der Waals surface area contributed by atoms with E-state index >= 15 is 0 Å². The molecule has 1 amide bonds. The molecular weight excluding hydrogens is 396 g/mol. The zero-order valence-electron chi connectivity index (χ0n) is 15.8. The molecule has 0 spiro atoms. The van der Waals surface area contributed by atoms with Crippen molar-refractivity contribution in [2.24, 2.45) is 0 Å². The van der Waals surface area contributed by atoms with E-state index in [0.29, 0.717) is 28.6 Å². The second-order valence-corrected chi connectivity index (χ2v) is 8.27. The number of halogens is 1. The summed E-state index contributed by atoms with van der Waals surface area (Å²) < 4.78 is 11.8. The molecule has 0 saturated carbocycles. The Balaban J connectivity index is 1.57. The van der Waals surface area contributed by atoms with E-state index < -0.39 is 0 Å². The monoisotopic (exact) mass is 416 g/mol. The van der Waals surface area contributed by atoms with Crippen LogP contribution < -0.4 is 9.47 Å². The number of nitrogens with zero attached hydrogens (tertiary/aromatic N) is 2. The Kier molecular flexibility index (Phi) is 5.42. The predicted molar refractivity (Wildman–Crippen MR) is 112 cm³/mol. The molecule has 0 bridgehead atoms. The van der Waals surface area contributed by atoms with Crippen LogP contribution in [-0.2, 0) is 0 Å². The average Bonchev–Trinajstić information content (AvgIpc) is 3.17. The Hall–Kier alpha value is -2.31. The number of para-hydroxylation sites is 1. The van der Waals surface area contributed by atoms with Crippen LogP contribution in [0.15, 0.2) is 36.4 Å². The number of amides is 1. The van der Waals surface area contributed by atoms with Crippen LogP contribution in [0.3, 0.4) is 0 Å². The van der Waals surface area contributed by atoms with Crippen molar-refractivity contribution in [3.8, 4) is 11.5 Å². The van der Waals surface area contributed by atoms with Gasteiger partial charge in [-0.15, -0.1) is 11.3 Å². The SMILES string of the molecule is COc1cc(C(=O)N2CCC[C@@H](c3nc4ccccc4s3)C2)cc(Cl)c1OC. The standard InChI is InChI=1S/C21H21ClN2O3S/c1-26-17-11-14(10-15(22)19(17)27-2)21(25)24-9-5-6-13(12-24)20-23-16-7-3-4-8-18(16)28-20/h3-4,7-8,10-11,13H,5-6,9,12H2,1-2H3/t13-/m1/s1. The van der Waals surface area contributed by atoms with Crippen molar-refractivity contribution in [1.82, 2.24) is 9.88 Å². The average molecular weight is 417 g/mol. The van der Waals surface area contributed by atoms with E-state index in [1.165, 1.54) is 18.9 Å². The summed E-state index contributed by atoms with van der Waals surface area (Å²) in [6.45, 7) is 1.39. The van der Waals surface area contributed by atoms with Gasteiger partial charge in [-0.05, 0) is 37.1 Å². The molecule has 146 valence electrons. The van der Waals surface area contributed by atoms with Gasteiger partial charge in [-0.1, -0.05) is 23.7 Å². The van der Waals surface area contributed by atoms with Crippen molar-refractivity contribution in [3.63, 3.8) is 0 Å². The molecule has 28 heavy (non-hydrogen) atoms. The number of benzene rings is 2. The third-order valence-corrected chi connectivity index (χ3v) is 6.53. The quantitative estimate of drug-likeness (QED) is 0.601. The van der Waals surface area contributed by atoms with E-state index in [2.05, 4.69) is 6.07 Å². The number of fused-ring (bicyclic) bond motifs is 1. The van der Waals surface area contributed by atoms with Gasteiger partial charge in [-0.2, -0.15) is 0 Å². The van der Waals surface area contributed by atoms with Crippen LogP contribution in [0.5, 0.6) is 11.5 Å². The first-order valence-corrected chi connectivity index (χ1v) is 10.4. The molecule has 4 rings (SSSR count). The number of methoxy groups -OCH3 is 2. The zero-order chi connectivity index (χ0) is 19.7. The maximum absolute atomic E-state index is 13.1. The largest absolute Gasteiger partial charge is 0.493 e. The molecule has 3 aromatic rings. The summed E-state index contributed by atoms with van der Waals surface area (Å²) >= 11 is 8.00. The molecule has 1 atom stereocenters. The first-order chi connectivity index (χ1) is 13.6. The topological polar surface area (TPSA) is 51.7 Å². The second kappa shape index (κ2) is 7.97. The van der Waals surface area contributed by atoms with Crippen molar-refractivity contribution >= 4 is 39.1 Å². The van der Waals surface area contributed by atoms with E-state index in [4.69, 9.17) is 26.1 Å². The Morgan fingerprint density at radius 1 is 1.25 bits per heavy atom. The lowest BCUT2D eigenvalue weighted by Gasteiger charge is -2.32. The van der Waals surface area contributed by atoms with Crippen LogP contribution in [-0.4, -0.2) is 43.1 Å². The van der Waals surface area contributed by atoms with Gasteiger partial charge in [0, 0.05) is 24.6 Å². The maximum atomic E-state index is 13.1. The second-order valence-electron chi connectivity index (χ2n) is 6.80. The summed E-state index contributed by atoms with van der Waals surface area (Å²) in [6, 6.07) is 11.5. The molecule has 1 aromatic heterocycles. The summed E-state index contributed by atoms with van der Waals surface area (Å²) in [5.74, 6) is 1.10. The minimum atomic E-state index is -0.0475. The molecule has 0 N–H and O–H groups in total. The highest BCUT2D eigenvalue weighted by Gasteiger charge is 2.28. The highest BCUT2D eigenvalue weighted by atomic mass is 35.5. The van der Waals surface area contributed by atoms with Gasteiger partial charge in [0.05, 0.1) is 34.5 Å². The molecule has 0 radical (unpaired) electrons. The minimum Gasteiger partial charge on any atom is -0.493 e. The van der Waals surface area contributed by atoms with E-state index in [9.17, 15) is 4.79 Å². The first-order valence-electron chi connectivity index (χ1n) is 9.17. The molecule has 2 aromatic carbocycles. The lowest BCUT2D eigenvalue weighted by atomic mass is 9.98. The minimum absolute atomic E-state index is 0.0475. The van der Waals surface area contributed by atoms with Crippen LogP contribution in [0.4, 0.5) is 0 Å². The molecule has 1 aliphatic rings. The molecule has 0 aliphatic carbocycles. The van der Waals surface area contributed by atoms with Crippen molar-refractivity contribution in [1.29, 1.82) is 0 Å². The summed E-state index contributed by atoms with van der Waals surface area (Å²) in [5.41, 5.74) is 1.53. The van der Waals surface area contributed by atoms with Gasteiger partial charge in [0.25, 0.3) is 5.91 Å².